The molecule has 0 unspecified atom stereocenters. The van der Waals surface area contributed by atoms with Crippen LogP contribution in [0.3, 0.4) is 0 Å². The predicted molar refractivity (Wildman–Crippen MR) is 79.4 cm³/mol. The zero-order valence-corrected chi connectivity index (χ0v) is 12.6. The summed E-state index contributed by atoms with van der Waals surface area (Å²) in [5.41, 5.74) is 5.52. The molecular weight excluding hydrogens is 264 g/mol. The van der Waals surface area contributed by atoms with Crippen molar-refractivity contribution in [1.82, 2.24) is 0 Å². The van der Waals surface area contributed by atoms with E-state index in [4.69, 9.17) is 22.1 Å². The van der Waals surface area contributed by atoms with Crippen molar-refractivity contribution in [3.8, 4) is 0 Å². The molecule has 0 fully saturated rings. The fourth-order valence-corrected chi connectivity index (χ4v) is 4.88. The molecule has 2 rings (SSSR count). The number of hydrogen-bond acceptors (Lipinski definition) is 3. The number of halogens is 1. The maximum absolute atomic E-state index is 6.06. The van der Waals surface area contributed by atoms with Gasteiger partial charge in [-0.05, 0) is 18.6 Å². The molecule has 3 nitrogen and oxygen atoms in total. The minimum absolute atomic E-state index is 0.232. The van der Waals surface area contributed by atoms with Gasteiger partial charge in [-0.2, -0.15) is 0 Å². The van der Waals surface area contributed by atoms with Gasteiger partial charge in [0.25, 0.3) is 6.02 Å². The molecule has 1 heterocycles. The van der Waals surface area contributed by atoms with Crippen molar-refractivity contribution in [2.75, 3.05) is 6.61 Å². The molecule has 0 amide bonds. The second-order valence-electron chi connectivity index (χ2n) is 5.37. The maximum Gasteiger partial charge on any atom is 0.282 e. The van der Waals surface area contributed by atoms with E-state index in [0.29, 0.717) is 12.6 Å². The van der Waals surface area contributed by atoms with Gasteiger partial charge >= 0.3 is 0 Å². The highest BCUT2D eigenvalue weighted by Gasteiger charge is 2.26. The number of rotatable bonds is 4. The zero-order valence-electron chi connectivity index (χ0n) is 10.8. The molecule has 1 aromatic rings. The summed E-state index contributed by atoms with van der Waals surface area (Å²) in [6.45, 7) is 5.36. The summed E-state index contributed by atoms with van der Waals surface area (Å²) in [5.74, 6) is 0. The topological polar surface area (TPSA) is 47.6 Å². The van der Waals surface area contributed by atoms with Crippen LogP contribution in [-0.2, 0) is 4.74 Å². The molecule has 2 N–H and O–H groups in total. The normalized spacial score (nSPS) is 19.5. The Morgan fingerprint density at radius 2 is 2.28 bits per heavy atom. The Bertz CT molecular complexity index is 462. The van der Waals surface area contributed by atoms with Crippen LogP contribution in [0.2, 0.25) is 24.2 Å². The van der Waals surface area contributed by atoms with Crippen molar-refractivity contribution in [3.63, 3.8) is 0 Å². The summed E-state index contributed by atoms with van der Waals surface area (Å²) in [6, 6.07) is 9.96. The third-order valence-electron chi connectivity index (χ3n) is 3.44. The maximum atomic E-state index is 6.06. The number of aliphatic imine (C=N–C) groups is 1. The van der Waals surface area contributed by atoms with E-state index < -0.39 is 8.07 Å². The van der Waals surface area contributed by atoms with Gasteiger partial charge in [0.2, 0.25) is 0 Å². The second kappa shape index (κ2) is 5.32. The molecule has 1 aliphatic rings. The Balaban J connectivity index is 1.99. The van der Waals surface area contributed by atoms with Crippen LogP contribution in [0, 0.1) is 0 Å². The SMILES string of the molecule is C[Si](C)(CC[C@H]1COC(N)=N1)c1cccc(Cl)c1. The van der Waals surface area contributed by atoms with Gasteiger partial charge in [-0.3, -0.25) is 0 Å². The Morgan fingerprint density at radius 1 is 1.50 bits per heavy atom. The fourth-order valence-electron chi connectivity index (χ4n) is 2.17. The van der Waals surface area contributed by atoms with Crippen molar-refractivity contribution < 1.29 is 4.74 Å². The van der Waals surface area contributed by atoms with Crippen LogP contribution in [0.4, 0.5) is 0 Å². The Hall–Kier alpha value is -1.00. The summed E-state index contributed by atoms with van der Waals surface area (Å²) in [7, 11) is -1.45. The lowest BCUT2D eigenvalue weighted by Gasteiger charge is -2.23. The van der Waals surface area contributed by atoms with Gasteiger partial charge in [-0.15, -0.1) is 0 Å². The van der Waals surface area contributed by atoms with Crippen molar-refractivity contribution >= 4 is 30.9 Å². The van der Waals surface area contributed by atoms with Crippen LogP contribution in [0.15, 0.2) is 29.3 Å². The lowest BCUT2D eigenvalue weighted by atomic mass is 10.3. The quantitative estimate of drug-likeness (QED) is 0.862. The van der Waals surface area contributed by atoms with E-state index in [-0.39, 0.29) is 6.04 Å². The first-order valence-electron chi connectivity index (χ1n) is 6.19. The minimum Gasteiger partial charge on any atom is -0.463 e. The van der Waals surface area contributed by atoms with Crippen LogP contribution in [0.5, 0.6) is 0 Å². The van der Waals surface area contributed by atoms with Crippen LogP contribution in [0.1, 0.15) is 6.42 Å². The number of benzene rings is 1. The molecule has 98 valence electrons. The minimum atomic E-state index is -1.45. The van der Waals surface area contributed by atoms with Gasteiger partial charge in [0.1, 0.15) is 6.61 Å². The molecule has 0 aromatic heterocycles. The Morgan fingerprint density at radius 3 is 2.89 bits per heavy atom. The summed E-state index contributed by atoms with van der Waals surface area (Å²) >= 11 is 6.06. The van der Waals surface area contributed by atoms with Gasteiger partial charge in [-0.1, -0.05) is 48.1 Å². The highest BCUT2D eigenvalue weighted by molar-refractivity contribution is 6.89. The van der Waals surface area contributed by atoms with Gasteiger partial charge in [0.05, 0.1) is 14.1 Å². The summed E-state index contributed by atoms with van der Waals surface area (Å²) in [5, 5.41) is 2.21. The van der Waals surface area contributed by atoms with Gasteiger partial charge in [0.15, 0.2) is 0 Å². The van der Waals surface area contributed by atoms with E-state index in [2.05, 4.69) is 30.2 Å². The number of amidine groups is 1. The van der Waals surface area contributed by atoms with Gasteiger partial charge in [0, 0.05) is 5.02 Å². The zero-order chi connectivity index (χ0) is 13.2. The monoisotopic (exact) mass is 282 g/mol. The molecule has 0 bridgehead atoms. The smallest absolute Gasteiger partial charge is 0.282 e. The van der Waals surface area contributed by atoms with E-state index in [1.54, 1.807) is 0 Å². The third-order valence-corrected chi connectivity index (χ3v) is 7.09. The molecule has 0 saturated carbocycles. The first kappa shape index (κ1) is 13.4. The van der Waals surface area contributed by atoms with Crippen LogP contribution in [0.25, 0.3) is 0 Å². The van der Waals surface area contributed by atoms with Crippen molar-refractivity contribution in [1.29, 1.82) is 0 Å². The molecule has 18 heavy (non-hydrogen) atoms. The van der Waals surface area contributed by atoms with E-state index in [1.807, 2.05) is 12.1 Å². The Kier molecular flexibility index (Phi) is 3.97. The Labute approximate surface area is 114 Å². The highest BCUT2D eigenvalue weighted by Crippen LogP contribution is 2.19. The van der Waals surface area contributed by atoms with Gasteiger partial charge in [-0.25, -0.2) is 4.99 Å². The predicted octanol–water partition coefficient (Wildman–Crippen LogP) is 2.36. The highest BCUT2D eigenvalue weighted by atomic mass is 35.5. The molecular formula is C13H19ClN2OSi. The van der Waals surface area contributed by atoms with Crippen molar-refractivity contribution in [2.45, 2.75) is 31.6 Å². The van der Waals surface area contributed by atoms with E-state index in [9.17, 15) is 0 Å². The molecule has 0 spiro atoms. The molecule has 0 radical (unpaired) electrons. The summed E-state index contributed by atoms with van der Waals surface area (Å²) in [4.78, 5) is 4.27. The molecule has 0 aliphatic carbocycles. The molecule has 1 aromatic carbocycles. The van der Waals surface area contributed by atoms with Crippen molar-refractivity contribution in [3.05, 3.63) is 29.3 Å². The van der Waals surface area contributed by atoms with E-state index in [1.165, 1.54) is 5.19 Å². The van der Waals surface area contributed by atoms with Crippen LogP contribution >= 0.6 is 11.6 Å². The standard InChI is InChI=1S/C13H19ClN2OSi/c1-18(2,12-5-3-4-10(14)8-12)7-6-11-9-17-13(15)16-11/h3-5,8,11H,6-7,9H2,1-2H3,(H2,15,16)/t11-/m0/s1. The lowest BCUT2D eigenvalue weighted by Crippen LogP contribution is -2.41. The first-order chi connectivity index (χ1) is 8.47. The van der Waals surface area contributed by atoms with Crippen LogP contribution in [-0.4, -0.2) is 26.7 Å². The summed E-state index contributed by atoms with van der Waals surface area (Å²) in [6.07, 6.45) is 1.03. The molecule has 5 heteroatoms. The molecule has 0 saturated heterocycles. The lowest BCUT2D eigenvalue weighted by molar-refractivity contribution is 0.310. The average molecular weight is 283 g/mol. The largest absolute Gasteiger partial charge is 0.463 e. The summed E-state index contributed by atoms with van der Waals surface area (Å²) < 4.78 is 5.18. The van der Waals surface area contributed by atoms with E-state index in [0.717, 1.165) is 17.5 Å². The van der Waals surface area contributed by atoms with Crippen molar-refractivity contribution in [2.24, 2.45) is 10.7 Å². The molecule has 1 aliphatic heterocycles. The second-order valence-corrected chi connectivity index (χ2v) is 10.6. The average Bonchev–Trinajstić information content (AvgIpc) is 2.73. The molecule has 1 atom stereocenters. The number of nitrogens with two attached hydrogens (primary N) is 1. The third kappa shape index (κ3) is 3.27. The number of nitrogens with zero attached hydrogens (tertiary/aromatic N) is 1. The first-order valence-corrected chi connectivity index (χ1v) is 9.78. The van der Waals surface area contributed by atoms with Crippen LogP contribution < -0.4 is 10.9 Å². The fraction of sp³-hybridized carbons (Fsp3) is 0.462. The number of ether oxygens (including phenoxy) is 1. The van der Waals surface area contributed by atoms with E-state index >= 15 is 0 Å². The number of hydrogen-bond donors (Lipinski definition) is 1. The van der Waals surface area contributed by atoms with Gasteiger partial charge < -0.3 is 10.5 Å².